The van der Waals surface area contributed by atoms with E-state index in [-0.39, 0.29) is 11.4 Å². The molecule has 0 spiro atoms. The Balaban J connectivity index is 1.69. The lowest BCUT2D eigenvalue weighted by atomic mass is 9.97. The molecule has 0 saturated heterocycles. The van der Waals surface area contributed by atoms with Crippen molar-refractivity contribution in [1.82, 2.24) is 10.3 Å². The molecule has 1 fully saturated rings. The monoisotopic (exact) mass is 303 g/mol. The molecule has 3 aromatic rings. The summed E-state index contributed by atoms with van der Waals surface area (Å²) in [7, 11) is 0. The third-order valence-corrected chi connectivity index (χ3v) is 4.42. The average molecular weight is 303 g/mol. The Kier molecular flexibility index (Phi) is 3.05. The maximum absolute atomic E-state index is 12.5. The molecule has 114 valence electrons. The van der Waals surface area contributed by atoms with Gasteiger partial charge < -0.3 is 11.1 Å². The molecule has 23 heavy (non-hydrogen) atoms. The van der Waals surface area contributed by atoms with E-state index in [4.69, 9.17) is 5.73 Å². The Morgan fingerprint density at radius 2 is 1.87 bits per heavy atom. The Morgan fingerprint density at radius 3 is 2.65 bits per heavy atom. The topological polar surface area (TPSA) is 68.0 Å². The number of rotatable bonds is 3. The molecule has 3 N–H and O–H groups in total. The SMILES string of the molecule is Nc1ccnc(C(=O)NC2(c3cccc4ccccc34)CC2)c1. The van der Waals surface area contributed by atoms with Crippen LogP contribution in [0.25, 0.3) is 10.8 Å². The standard InChI is InChI=1S/C19H17N3O/c20-14-8-11-21-17(12-14)18(23)22-19(9-10-19)16-7-3-5-13-4-1-2-6-15(13)16/h1-8,11-12H,9-10H2,(H2,20,21)(H,22,23). The number of hydrogen-bond donors (Lipinski definition) is 2. The van der Waals surface area contributed by atoms with Crippen molar-refractivity contribution in [3.05, 3.63) is 72.1 Å². The number of nitrogens with zero attached hydrogens (tertiary/aromatic N) is 1. The number of benzene rings is 2. The van der Waals surface area contributed by atoms with Gasteiger partial charge in [0.05, 0.1) is 5.54 Å². The lowest BCUT2D eigenvalue weighted by molar-refractivity contribution is 0.0926. The van der Waals surface area contributed by atoms with E-state index in [9.17, 15) is 4.79 Å². The molecule has 1 aliphatic carbocycles. The number of fused-ring (bicyclic) bond motifs is 1. The second-order valence-corrected chi connectivity index (χ2v) is 6.04. The van der Waals surface area contributed by atoms with Crippen LogP contribution in [0.5, 0.6) is 0 Å². The van der Waals surface area contributed by atoms with Crippen molar-refractivity contribution in [1.29, 1.82) is 0 Å². The molecule has 1 amide bonds. The Morgan fingerprint density at radius 1 is 1.09 bits per heavy atom. The van der Waals surface area contributed by atoms with Gasteiger partial charge in [-0.15, -0.1) is 0 Å². The first-order chi connectivity index (χ1) is 11.2. The Bertz CT molecular complexity index is 895. The van der Waals surface area contributed by atoms with E-state index in [0.29, 0.717) is 11.4 Å². The molecule has 0 aliphatic heterocycles. The van der Waals surface area contributed by atoms with Crippen LogP contribution in [-0.4, -0.2) is 10.9 Å². The predicted molar refractivity (Wildman–Crippen MR) is 91.0 cm³/mol. The van der Waals surface area contributed by atoms with E-state index >= 15 is 0 Å². The Hall–Kier alpha value is -2.88. The molecule has 0 radical (unpaired) electrons. The molecule has 1 aliphatic rings. The maximum Gasteiger partial charge on any atom is 0.270 e. The highest BCUT2D eigenvalue weighted by atomic mass is 16.2. The van der Waals surface area contributed by atoms with Gasteiger partial charge in [-0.05, 0) is 41.3 Å². The van der Waals surface area contributed by atoms with Crippen molar-refractivity contribution in [2.75, 3.05) is 5.73 Å². The van der Waals surface area contributed by atoms with E-state index in [1.165, 1.54) is 16.3 Å². The highest BCUT2D eigenvalue weighted by molar-refractivity contribution is 5.95. The summed E-state index contributed by atoms with van der Waals surface area (Å²) in [5.41, 5.74) is 7.53. The molecular formula is C19H17N3O. The van der Waals surface area contributed by atoms with Crippen LogP contribution in [0.4, 0.5) is 5.69 Å². The summed E-state index contributed by atoms with van der Waals surface area (Å²) in [6.45, 7) is 0. The van der Waals surface area contributed by atoms with Crippen LogP contribution in [-0.2, 0) is 5.54 Å². The van der Waals surface area contributed by atoms with E-state index < -0.39 is 0 Å². The van der Waals surface area contributed by atoms with E-state index in [0.717, 1.165) is 12.8 Å². The van der Waals surface area contributed by atoms with Crippen LogP contribution in [0.1, 0.15) is 28.9 Å². The van der Waals surface area contributed by atoms with Crippen LogP contribution in [0, 0.1) is 0 Å². The third-order valence-electron chi connectivity index (χ3n) is 4.42. The minimum atomic E-state index is -0.287. The largest absolute Gasteiger partial charge is 0.399 e. The first-order valence-corrected chi connectivity index (χ1v) is 7.70. The van der Waals surface area contributed by atoms with Gasteiger partial charge in [0.25, 0.3) is 5.91 Å². The summed E-state index contributed by atoms with van der Waals surface area (Å²) in [6.07, 6.45) is 3.44. The summed E-state index contributed by atoms with van der Waals surface area (Å²) >= 11 is 0. The number of pyridine rings is 1. The molecular weight excluding hydrogens is 286 g/mol. The molecule has 4 heteroatoms. The van der Waals surface area contributed by atoms with Crippen LogP contribution >= 0.6 is 0 Å². The van der Waals surface area contributed by atoms with Crippen molar-refractivity contribution >= 4 is 22.4 Å². The number of nitrogens with two attached hydrogens (primary N) is 1. The zero-order chi connectivity index (χ0) is 15.9. The summed E-state index contributed by atoms with van der Waals surface area (Å²) in [5, 5.41) is 5.54. The normalized spacial score (nSPS) is 15.3. The minimum Gasteiger partial charge on any atom is -0.399 e. The minimum absolute atomic E-state index is 0.178. The van der Waals surface area contributed by atoms with Crippen molar-refractivity contribution in [2.45, 2.75) is 18.4 Å². The summed E-state index contributed by atoms with van der Waals surface area (Å²) in [5.74, 6) is -0.178. The number of nitrogens with one attached hydrogen (secondary N) is 1. The van der Waals surface area contributed by atoms with Crippen molar-refractivity contribution in [3.8, 4) is 0 Å². The van der Waals surface area contributed by atoms with Crippen molar-refractivity contribution in [2.24, 2.45) is 0 Å². The number of carbonyl (C=O) groups is 1. The molecule has 1 heterocycles. The highest BCUT2D eigenvalue weighted by Crippen LogP contribution is 2.48. The van der Waals surface area contributed by atoms with Gasteiger partial charge in [-0.2, -0.15) is 0 Å². The van der Waals surface area contributed by atoms with Gasteiger partial charge in [-0.25, -0.2) is 0 Å². The fourth-order valence-electron chi connectivity index (χ4n) is 3.08. The lowest BCUT2D eigenvalue weighted by Crippen LogP contribution is -2.35. The van der Waals surface area contributed by atoms with Gasteiger partial charge in [-0.1, -0.05) is 42.5 Å². The first kappa shape index (κ1) is 13.8. The second kappa shape index (κ2) is 5.09. The van der Waals surface area contributed by atoms with Crippen LogP contribution < -0.4 is 11.1 Å². The highest BCUT2D eigenvalue weighted by Gasteiger charge is 2.46. The zero-order valence-corrected chi connectivity index (χ0v) is 12.6. The van der Waals surface area contributed by atoms with E-state index in [1.54, 1.807) is 18.3 Å². The van der Waals surface area contributed by atoms with Gasteiger partial charge in [0.2, 0.25) is 0 Å². The van der Waals surface area contributed by atoms with Gasteiger partial charge in [-0.3, -0.25) is 9.78 Å². The maximum atomic E-state index is 12.5. The number of amides is 1. The van der Waals surface area contributed by atoms with E-state index in [1.807, 2.05) is 18.2 Å². The number of anilines is 1. The molecule has 0 bridgehead atoms. The molecule has 4 rings (SSSR count). The summed E-state index contributed by atoms with van der Waals surface area (Å²) < 4.78 is 0. The fourth-order valence-corrected chi connectivity index (χ4v) is 3.08. The molecule has 2 aromatic carbocycles. The van der Waals surface area contributed by atoms with Gasteiger partial charge in [0, 0.05) is 11.9 Å². The van der Waals surface area contributed by atoms with Gasteiger partial charge >= 0.3 is 0 Å². The molecule has 0 unspecified atom stereocenters. The van der Waals surface area contributed by atoms with Crippen LogP contribution in [0.3, 0.4) is 0 Å². The van der Waals surface area contributed by atoms with Crippen molar-refractivity contribution in [3.63, 3.8) is 0 Å². The van der Waals surface area contributed by atoms with Crippen LogP contribution in [0.15, 0.2) is 60.8 Å². The molecule has 1 saturated carbocycles. The van der Waals surface area contributed by atoms with E-state index in [2.05, 4.69) is 34.6 Å². The predicted octanol–water partition coefficient (Wildman–Crippen LogP) is 3.24. The van der Waals surface area contributed by atoms with Crippen LogP contribution in [0.2, 0.25) is 0 Å². The molecule has 0 atom stereocenters. The second-order valence-electron chi connectivity index (χ2n) is 6.04. The van der Waals surface area contributed by atoms with Crippen molar-refractivity contribution < 1.29 is 4.79 Å². The van der Waals surface area contributed by atoms with Gasteiger partial charge in [0.15, 0.2) is 0 Å². The smallest absolute Gasteiger partial charge is 0.270 e. The average Bonchev–Trinajstić information content (AvgIpc) is 3.35. The lowest BCUT2D eigenvalue weighted by Gasteiger charge is -2.20. The number of hydrogen-bond acceptors (Lipinski definition) is 3. The number of nitrogen functional groups attached to an aromatic ring is 1. The zero-order valence-electron chi connectivity index (χ0n) is 12.6. The third kappa shape index (κ3) is 2.42. The molecule has 1 aromatic heterocycles. The number of aromatic nitrogens is 1. The quantitative estimate of drug-likeness (QED) is 0.780. The van der Waals surface area contributed by atoms with Gasteiger partial charge in [0.1, 0.15) is 5.69 Å². The fraction of sp³-hybridized carbons (Fsp3) is 0.158. The Labute approximate surface area is 134 Å². The summed E-state index contributed by atoms with van der Waals surface area (Å²) in [6, 6.07) is 17.8. The first-order valence-electron chi connectivity index (χ1n) is 7.70. The number of carbonyl (C=O) groups excluding carboxylic acids is 1. The molecule has 4 nitrogen and oxygen atoms in total. The summed E-state index contributed by atoms with van der Waals surface area (Å²) in [4.78, 5) is 16.6.